The zero-order valence-corrected chi connectivity index (χ0v) is 22.0. The maximum absolute atomic E-state index is 15.0. The summed E-state index contributed by atoms with van der Waals surface area (Å²) >= 11 is 5.59. The van der Waals surface area contributed by atoms with Gasteiger partial charge in [0, 0.05) is 10.8 Å². The van der Waals surface area contributed by atoms with E-state index in [2.05, 4.69) is 32.0 Å². The minimum Gasteiger partial charge on any atom is -0.441 e. The molecule has 1 saturated carbocycles. The Hall–Kier alpha value is -1.74. The molecule has 3 aromatic rings. The lowest BCUT2D eigenvalue weighted by Crippen LogP contribution is -2.13. The molecular formula is C31H41FOS. The van der Waals surface area contributed by atoms with E-state index < -0.39 is 0 Å². The van der Waals surface area contributed by atoms with E-state index in [0.29, 0.717) is 28.2 Å². The number of hydrogen-bond acceptors (Lipinski definition) is 2. The summed E-state index contributed by atoms with van der Waals surface area (Å²) < 4.78 is 21.3. The maximum Gasteiger partial charge on any atom is 0.198 e. The van der Waals surface area contributed by atoms with Crippen LogP contribution in [0.4, 0.5) is 4.39 Å². The Balaban J connectivity index is 1.40. The van der Waals surface area contributed by atoms with E-state index in [-0.39, 0.29) is 5.82 Å². The standard InChI is InChI=1S/C31H41FOS/c1-3-5-6-7-8-9-10-12-22-13-15-23(16-14-22)25-18-19-26-27-20-17-24(11-4-2)29(32)30(27)33-31(34)28(26)21-25/h17-23H,3-16H2,1-2H3. The molecule has 34 heavy (non-hydrogen) atoms. The molecule has 4 rings (SSSR count). The number of fused-ring (bicyclic) bond motifs is 3. The summed E-state index contributed by atoms with van der Waals surface area (Å²) in [5.74, 6) is 1.25. The number of aryl methyl sites for hydroxylation is 1. The molecule has 0 amide bonds. The van der Waals surface area contributed by atoms with Gasteiger partial charge in [0.25, 0.3) is 0 Å². The quantitative estimate of drug-likeness (QED) is 0.154. The molecular weight excluding hydrogens is 439 g/mol. The molecule has 0 N–H and O–H groups in total. The fraction of sp³-hybridized carbons (Fsp3) is 0.581. The highest BCUT2D eigenvalue weighted by atomic mass is 32.1. The van der Waals surface area contributed by atoms with Gasteiger partial charge in [0.1, 0.15) is 0 Å². The fourth-order valence-corrected chi connectivity index (χ4v) is 6.17. The van der Waals surface area contributed by atoms with Gasteiger partial charge in [-0.25, -0.2) is 4.39 Å². The fourth-order valence-electron chi connectivity index (χ4n) is 5.91. The van der Waals surface area contributed by atoms with Crippen LogP contribution in [0.5, 0.6) is 0 Å². The molecule has 0 bridgehead atoms. The largest absolute Gasteiger partial charge is 0.441 e. The Morgan fingerprint density at radius 1 is 0.824 bits per heavy atom. The van der Waals surface area contributed by atoms with Gasteiger partial charge in [0.15, 0.2) is 16.1 Å². The molecule has 1 fully saturated rings. The number of unbranched alkanes of at least 4 members (excludes halogenated alkanes) is 6. The second-order valence-electron chi connectivity index (χ2n) is 10.5. The van der Waals surface area contributed by atoms with Crippen molar-refractivity contribution in [1.82, 2.24) is 0 Å². The van der Waals surface area contributed by atoms with E-state index in [1.54, 1.807) is 0 Å². The van der Waals surface area contributed by atoms with E-state index in [0.717, 1.165) is 28.5 Å². The minimum atomic E-state index is -0.254. The average Bonchev–Trinajstić information content (AvgIpc) is 2.86. The van der Waals surface area contributed by atoms with E-state index in [9.17, 15) is 0 Å². The summed E-state index contributed by atoms with van der Waals surface area (Å²) in [5.41, 5.74) is 2.38. The number of benzene rings is 2. The molecule has 1 aliphatic rings. The third-order valence-corrected chi connectivity index (χ3v) is 8.28. The van der Waals surface area contributed by atoms with Crippen LogP contribution >= 0.6 is 12.2 Å². The van der Waals surface area contributed by atoms with Crippen molar-refractivity contribution in [3.8, 4) is 0 Å². The van der Waals surface area contributed by atoms with Crippen molar-refractivity contribution in [2.45, 2.75) is 110 Å². The van der Waals surface area contributed by atoms with Crippen molar-refractivity contribution in [3.05, 3.63) is 52.0 Å². The van der Waals surface area contributed by atoms with Crippen LogP contribution in [0.3, 0.4) is 0 Å². The summed E-state index contributed by atoms with van der Waals surface area (Å²) in [5, 5.41) is 2.78. The lowest BCUT2D eigenvalue weighted by Gasteiger charge is -2.29. The Kier molecular flexibility index (Phi) is 9.17. The molecule has 0 atom stereocenters. The first-order valence-electron chi connectivity index (χ1n) is 13.8. The number of hydrogen-bond donors (Lipinski definition) is 0. The topological polar surface area (TPSA) is 13.1 Å². The van der Waals surface area contributed by atoms with Gasteiger partial charge >= 0.3 is 0 Å². The maximum atomic E-state index is 15.0. The first kappa shape index (κ1) is 25.4. The summed E-state index contributed by atoms with van der Waals surface area (Å²) in [6, 6.07) is 10.5. The summed E-state index contributed by atoms with van der Waals surface area (Å²) in [6.07, 6.45) is 18.0. The minimum absolute atomic E-state index is 0.254. The molecule has 1 aliphatic carbocycles. The van der Waals surface area contributed by atoms with Crippen molar-refractivity contribution in [1.29, 1.82) is 0 Å². The lowest BCUT2D eigenvalue weighted by molar-refractivity contribution is 0.302. The van der Waals surface area contributed by atoms with Crippen LogP contribution < -0.4 is 0 Å². The van der Waals surface area contributed by atoms with E-state index >= 15 is 4.39 Å². The second kappa shape index (κ2) is 12.3. The van der Waals surface area contributed by atoms with Crippen LogP contribution in [0.15, 0.2) is 34.7 Å². The molecule has 1 heterocycles. The van der Waals surface area contributed by atoms with Crippen molar-refractivity contribution < 1.29 is 8.81 Å². The summed E-state index contributed by atoms with van der Waals surface area (Å²) in [6.45, 7) is 4.34. The van der Waals surface area contributed by atoms with Crippen LogP contribution in [0.1, 0.15) is 114 Å². The molecule has 0 aliphatic heterocycles. The van der Waals surface area contributed by atoms with Gasteiger partial charge in [-0.15, -0.1) is 0 Å². The predicted octanol–water partition coefficient (Wildman–Crippen LogP) is 10.8. The van der Waals surface area contributed by atoms with Crippen molar-refractivity contribution >= 4 is 34.0 Å². The summed E-state index contributed by atoms with van der Waals surface area (Å²) in [7, 11) is 0. The molecule has 2 aromatic carbocycles. The van der Waals surface area contributed by atoms with Gasteiger partial charge in [-0.2, -0.15) is 0 Å². The van der Waals surface area contributed by atoms with E-state index in [1.807, 2.05) is 12.1 Å². The smallest absolute Gasteiger partial charge is 0.198 e. The van der Waals surface area contributed by atoms with Crippen molar-refractivity contribution in [2.75, 3.05) is 0 Å². The molecule has 0 radical (unpaired) electrons. The van der Waals surface area contributed by atoms with Crippen LogP contribution in [0, 0.1) is 16.4 Å². The van der Waals surface area contributed by atoms with E-state index in [1.165, 1.54) is 82.6 Å². The Morgan fingerprint density at radius 2 is 1.53 bits per heavy atom. The first-order chi connectivity index (χ1) is 16.6. The Labute approximate surface area is 210 Å². The van der Waals surface area contributed by atoms with E-state index in [4.69, 9.17) is 16.6 Å². The molecule has 184 valence electrons. The molecule has 0 spiro atoms. The molecule has 3 heteroatoms. The van der Waals surface area contributed by atoms with Crippen LogP contribution in [-0.2, 0) is 6.42 Å². The monoisotopic (exact) mass is 480 g/mol. The molecule has 1 nitrogen and oxygen atoms in total. The highest BCUT2D eigenvalue weighted by Crippen LogP contribution is 2.40. The van der Waals surface area contributed by atoms with Crippen LogP contribution in [0.25, 0.3) is 21.7 Å². The molecule has 0 saturated heterocycles. The SMILES string of the molecule is CCCCCCCCCC1CCC(c2ccc3c(c2)c(=S)oc2c(F)c(CCC)ccc23)CC1. The van der Waals surface area contributed by atoms with Gasteiger partial charge in [-0.1, -0.05) is 95.9 Å². The van der Waals surface area contributed by atoms with Crippen LogP contribution in [0.2, 0.25) is 0 Å². The van der Waals surface area contributed by atoms with Crippen molar-refractivity contribution in [3.63, 3.8) is 0 Å². The third-order valence-electron chi connectivity index (χ3n) is 7.98. The Bertz CT molecular complexity index is 1140. The number of halogens is 1. The summed E-state index contributed by atoms with van der Waals surface area (Å²) in [4.78, 5) is 0. The zero-order chi connectivity index (χ0) is 23.9. The van der Waals surface area contributed by atoms with Gasteiger partial charge < -0.3 is 4.42 Å². The number of rotatable bonds is 11. The molecule has 0 unspecified atom stereocenters. The predicted molar refractivity (Wildman–Crippen MR) is 146 cm³/mol. The first-order valence-corrected chi connectivity index (χ1v) is 14.2. The van der Waals surface area contributed by atoms with Crippen LogP contribution in [-0.4, -0.2) is 0 Å². The normalized spacial score (nSPS) is 18.7. The van der Waals surface area contributed by atoms with Crippen molar-refractivity contribution in [2.24, 2.45) is 5.92 Å². The lowest BCUT2D eigenvalue weighted by atomic mass is 9.76. The van der Waals surface area contributed by atoms with Gasteiger partial charge in [0.2, 0.25) is 0 Å². The zero-order valence-electron chi connectivity index (χ0n) is 21.1. The highest BCUT2D eigenvalue weighted by molar-refractivity contribution is 7.71. The Morgan fingerprint density at radius 3 is 2.26 bits per heavy atom. The third kappa shape index (κ3) is 5.90. The van der Waals surface area contributed by atoms with Gasteiger partial charge in [0.05, 0.1) is 0 Å². The second-order valence-corrected chi connectivity index (χ2v) is 10.9. The highest BCUT2D eigenvalue weighted by Gasteiger charge is 2.23. The van der Waals surface area contributed by atoms with Gasteiger partial charge in [-0.05, 0) is 78.7 Å². The van der Waals surface area contributed by atoms with Gasteiger partial charge in [-0.3, -0.25) is 0 Å². The molecule has 1 aromatic heterocycles. The average molecular weight is 481 g/mol.